The van der Waals surface area contributed by atoms with Crippen molar-refractivity contribution in [2.24, 2.45) is 5.41 Å². The molecule has 0 saturated carbocycles. The maximum absolute atomic E-state index is 11.9. The minimum atomic E-state index is -0.567. The number of benzene rings is 1. The Hall–Kier alpha value is -2.24. The molecule has 2 N–H and O–H groups in total. The number of fused-ring (bicyclic) bond motifs is 1. The first-order chi connectivity index (χ1) is 8.88. The van der Waals surface area contributed by atoms with Gasteiger partial charge in [0.25, 0.3) is 5.91 Å². The van der Waals surface area contributed by atoms with E-state index in [0.717, 1.165) is 0 Å². The standard InChI is InChI=1S/C13H16N2O4/c1-13(2,3)12(17)15-14-11(16)8-4-5-9-10(6-8)19-7-18-9/h4-6H,7H2,1-3H3,(H,14,16)(H,15,17). The van der Waals surface area contributed by atoms with Gasteiger partial charge in [0, 0.05) is 11.0 Å². The van der Waals surface area contributed by atoms with E-state index in [9.17, 15) is 9.59 Å². The molecule has 6 nitrogen and oxygen atoms in total. The summed E-state index contributed by atoms with van der Waals surface area (Å²) in [5, 5.41) is 0. The predicted molar refractivity (Wildman–Crippen MR) is 67.6 cm³/mol. The van der Waals surface area contributed by atoms with Crippen molar-refractivity contribution in [2.45, 2.75) is 20.8 Å². The largest absolute Gasteiger partial charge is 0.454 e. The molecule has 1 aliphatic heterocycles. The fourth-order valence-corrected chi connectivity index (χ4v) is 1.41. The Bertz CT molecular complexity index is 520. The number of ether oxygens (including phenoxy) is 2. The summed E-state index contributed by atoms with van der Waals surface area (Å²) in [5.41, 5.74) is 4.56. The third-order valence-electron chi connectivity index (χ3n) is 2.61. The summed E-state index contributed by atoms with van der Waals surface area (Å²) in [5.74, 6) is 0.461. The molecule has 1 aromatic rings. The van der Waals surface area contributed by atoms with Crippen LogP contribution in [0.4, 0.5) is 0 Å². The van der Waals surface area contributed by atoms with Crippen LogP contribution < -0.4 is 20.3 Å². The molecule has 102 valence electrons. The molecule has 19 heavy (non-hydrogen) atoms. The normalized spacial score (nSPS) is 13.0. The topological polar surface area (TPSA) is 76.7 Å². The van der Waals surface area contributed by atoms with Gasteiger partial charge in [0.1, 0.15) is 0 Å². The van der Waals surface area contributed by atoms with Crippen molar-refractivity contribution in [1.82, 2.24) is 10.9 Å². The van der Waals surface area contributed by atoms with E-state index >= 15 is 0 Å². The van der Waals surface area contributed by atoms with E-state index in [0.29, 0.717) is 17.1 Å². The van der Waals surface area contributed by atoms with Crippen LogP contribution in [0.1, 0.15) is 31.1 Å². The van der Waals surface area contributed by atoms with E-state index < -0.39 is 11.3 Å². The van der Waals surface area contributed by atoms with Crippen LogP contribution in [0.2, 0.25) is 0 Å². The molecule has 0 bridgehead atoms. The van der Waals surface area contributed by atoms with E-state index in [1.165, 1.54) is 0 Å². The first-order valence-corrected chi connectivity index (χ1v) is 5.88. The number of amides is 2. The van der Waals surface area contributed by atoms with Crippen molar-refractivity contribution in [3.63, 3.8) is 0 Å². The van der Waals surface area contributed by atoms with E-state index in [-0.39, 0.29) is 12.7 Å². The summed E-state index contributed by atoms with van der Waals surface area (Å²) in [6.45, 7) is 5.43. The highest BCUT2D eigenvalue weighted by atomic mass is 16.7. The predicted octanol–water partition coefficient (Wildman–Crippen LogP) is 1.22. The summed E-state index contributed by atoms with van der Waals surface area (Å²) in [7, 11) is 0. The van der Waals surface area contributed by atoms with Crippen LogP contribution in [0.3, 0.4) is 0 Å². The van der Waals surface area contributed by atoms with Crippen LogP contribution in [0, 0.1) is 5.41 Å². The van der Waals surface area contributed by atoms with Gasteiger partial charge in [0.15, 0.2) is 11.5 Å². The number of carbonyl (C=O) groups is 2. The number of hydrazine groups is 1. The van der Waals surface area contributed by atoms with Gasteiger partial charge < -0.3 is 9.47 Å². The van der Waals surface area contributed by atoms with Crippen molar-refractivity contribution in [2.75, 3.05) is 6.79 Å². The monoisotopic (exact) mass is 264 g/mol. The Morgan fingerprint density at radius 2 is 1.79 bits per heavy atom. The lowest BCUT2D eigenvalue weighted by molar-refractivity contribution is -0.129. The third kappa shape index (κ3) is 2.96. The minimum absolute atomic E-state index is 0.154. The zero-order chi connectivity index (χ0) is 14.0. The fraction of sp³-hybridized carbons (Fsp3) is 0.385. The Morgan fingerprint density at radius 1 is 1.11 bits per heavy atom. The van der Waals surface area contributed by atoms with Gasteiger partial charge in [-0.2, -0.15) is 0 Å². The lowest BCUT2D eigenvalue weighted by Gasteiger charge is -2.17. The SMILES string of the molecule is CC(C)(C)C(=O)NNC(=O)c1ccc2c(c1)OCO2. The Balaban J connectivity index is 1.99. The zero-order valence-electron chi connectivity index (χ0n) is 11.1. The second kappa shape index (κ2) is 4.79. The van der Waals surface area contributed by atoms with Gasteiger partial charge in [-0.15, -0.1) is 0 Å². The van der Waals surface area contributed by atoms with Gasteiger partial charge in [-0.05, 0) is 18.2 Å². The van der Waals surface area contributed by atoms with Gasteiger partial charge in [0.05, 0.1) is 0 Å². The van der Waals surface area contributed by atoms with Crippen LogP contribution in [0.25, 0.3) is 0 Å². The quantitative estimate of drug-likeness (QED) is 0.748. The molecule has 1 aliphatic rings. The summed E-state index contributed by atoms with van der Waals surface area (Å²) in [6.07, 6.45) is 0. The number of nitrogens with one attached hydrogen (secondary N) is 2. The van der Waals surface area contributed by atoms with Crippen LogP contribution in [0.5, 0.6) is 11.5 Å². The van der Waals surface area contributed by atoms with Crippen LogP contribution in [0.15, 0.2) is 18.2 Å². The average molecular weight is 264 g/mol. The van der Waals surface area contributed by atoms with Gasteiger partial charge in [-0.1, -0.05) is 20.8 Å². The van der Waals surface area contributed by atoms with E-state index in [2.05, 4.69) is 10.9 Å². The lowest BCUT2D eigenvalue weighted by atomic mass is 9.96. The smallest absolute Gasteiger partial charge is 0.269 e. The molecule has 2 rings (SSSR count). The van der Waals surface area contributed by atoms with Gasteiger partial charge in [0.2, 0.25) is 12.7 Å². The molecular weight excluding hydrogens is 248 g/mol. The van der Waals surface area contributed by atoms with Crippen molar-refractivity contribution < 1.29 is 19.1 Å². The number of hydrogen-bond donors (Lipinski definition) is 2. The van der Waals surface area contributed by atoms with E-state index in [1.54, 1.807) is 39.0 Å². The summed E-state index contributed by atoms with van der Waals surface area (Å²) in [6, 6.07) is 4.83. The van der Waals surface area contributed by atoms with E-state index in [4.69, 9.17) is 9.47 Å². The average Bonchev–Trinajstić information content (AvgIpc) is 2.81. The first-order valence-electron chi connectivity index (χ1n) is 5.88. The molecule has 0 aliphatic carbocycles. The van der Waals surface area contributed by atoms with Gasteiger partial charge >= 0.3 is 0 Å². The Morgan fingerprint density at radius 3 is 2.47 bits per heavy atom. The molecule has 0 unspecified atom stereocenters. The molecule has 0 saturated heterocycles. The summed E-state index contributed by atoms with van der Waals surface area (Å²) < 4.78 is 10.3. The summed E-state index contributed by atoms with van der Waals surface area (Å²) >= 11 is 0. The van der Waals surface area contributed by atoms with Crippen LogP contribution >= 0.6 is 0 Å². The number of carbonyl (C=O) groups excluding carboxylic acids is 2. The second-order valence-corrected chi connectivity index (χ2v) is 5.23. The van der Waals surface area contributed by atoms with Crippen molar-refractivity contribution in [3.05, 3.63) is 23.8 Å². The highest BCUT2D eigenvalue weighted by molar-refractivity contribution is 5.96. The van der Waals surface area contributed by atoms with Gasteiger partial charge in [-0.3, -0.25) is 20.4 Å². The highest BCUT2D eigenvalue weighted by Gasteiger charge is 2.22. The molecule has 1 aromatic carbocycles. The Kier molecular flexibility index (Phi) is 3.33. The summed E-state index contributed by atoms with van der Waals surface area (Å²) in [4.78, 5) is 23.5. The fourth-order valence-electron chi connectivity index (χ4n) is 1.41. The van der Waals surface area contributed by atoms with Crippen molar-refractivity contribution in [3.8, 4) is 11.5 Å². The van der Waals surface area contributed by atoms with Crippen LogP contribution in [-0.2, 0) is 4.79 Å². The molecule has 6 heteroatoms. The Labute approximate surface area is 111 Å². The molecule has 0 spiro atoms. The zero-order valence-corrected chi connectivity index (χ0v) is 11.1. The lowest BCUT2D eigenvalue weighted by Crippen LogP contribution is -2.46. The first kappa shape index (κ1) is 13.2. The number of rotatable bonds is 1. The molecule has 2 amide bonds. The van der Waals surface area contributed by atoms with Crippen LogP contribution in [-0.4, -0.2) is 18.6 Å². The molecule has 0 fully saturated rings. The molecular formula is C13H16N2O4. The minimum Gasteiger partial charge on any atom is -0.454 e. The maximum Gasteiger partial charge on any atom is 0.269 e. The van der Waals surface area contributed by atoms with Crippen molar-refractivity contribution >= 4 is 11.8 Å². The third-order valence-corrected chi connectivity index (χ3v) is 2.61. The van der Waals surface area contributed by atoms with Gasteiger partial charge in [-0.25, -0.2) is 0 Å². The second-order valence-electron chi connectivity index (χ2n) is 5.23. The van der Waals surface area contributed by atoms with E-state index in [1.807, 2.05) is 0 Å². The molecule has 0 aromatic heterocycles. The molecule has 1 heterocycles. The maximum atomic E-state index is 11.9. The van der Waals surface area contributed by atoms with Crippen molar-refractivity contribution in [1.29, 1.82) is 0 Å². The number of hydrogen-bond acceptors (Lipinski definition) is 4. The highest BCUT2D eigenvalue weighted by Crippen LogP contribution is 2.32. The molecule has 0 atom stereocenters. The molecule has 0 radical (unpaired) electrons.